The molecule has 0 aromatic carbocycles. The van der Waals surface area contributed by atoms with Gasteiger partial charge in [-0.15, -0.1) is 0 Å². The second kappa shape index (κ2) is 2.53. The largest absolute Gasteiger partial charge is 0.440 e. The quantitative estimate of drug-likeness (QED) is 0.662. The van der Waals surface area contributed by atoms with Crippen molar-refractivity contribution in [2.24, 2.45) is 0 Å². The fourth-order valence-corrected chi connectivity index (χ4v) is 0.983. The van der Waals surface area contributed by atoms with Gasteiger partial charge in [0.15, 0.2) is 0 Å². The molecule has 0 saturated heterocycles. The van der Waals surface area contributed by atoms with Gasteiger partial charge in [0.1, 0.15) is 6.26 Å². The number of nitrogens with zero attached hydrogens (tertiary/aromatic N) is 1. The molecule has 0 aliphatic heterocycles. The molecular formula is C7H10INO. The van der Waals surface area contributed by atoms with Crippen molar-refractivity contribution in [2.75, 3.05) is 0 Å². The molecule has 0 atom stereocenters. The fraction of sp³-hybridized carbons (Fsp3) is 0.571. The standard InChI is InChI=1S/C7H10INO/c1-7(2,3)5-4-10-6(8)9-5/h4H,1-3H3. The van der Waals surface area contributed by atoms with Crippen molar-refractivity contribution in [1.82, 2.24) is 4.98 Å². The van der Waals surface area contributed by atoms with Crippen LogP contribution in [-0.2, 0) is 5.41 Å². The van der Waals surface area contributed by atoms with Crippen molar-refractivity contribution in [3.05, 3.63) is 15.9 Å². The first-order valence-electron chi connectivity index (χ1n) is 3.11. The van der Waals surface area contributed by atoms with Crippen molar-refractivity contribution < 1.29 is 4.42 Å². The van der Waals surface area contributed by atoms with E-state index < -0.39 is 0 Å². The highest BCUT2D eigenvalue weighted by Crippen LogP contribution is 2.21. The third kappa shape index (κ3) is 1.71. The first-order valence-corrected chi connectivity index (χ1v) is 4.19. The predicted molar refractivity (Wildman–Crippen MR) is 47.9 cm³/mol. The van der Waals surface area contributed by atoms with Crippen molar-refractivity contribution in [3.8, 4) is 0 Å². The number of oxazole rings is 1. The van der Waals surface area contributed by atoms with Gasteiger partial charge in [0.2, 0.25) is 0 Å². The van der Waals surface area contributed by atoms with Crippen LogP contribution in [0.5, 0.6) is 0 Å². The van der Waals surface area contributed by atoms with Crippen LogP contribution in [0, 0.1) is 3.90 Å². The molecule has 0 aliphatic carbocycles. The van der Waals surface area contributed by atoms with Gasteiger partial charge >= 0.3 is 0 Å². The second-order valence-electron chi connectivity index (χ2n) is 3.24. The molecule has 1 heterocycles. The smallest absolute Gasteiger partial charge is 0.257 e. The Kier molecular flexibility index (Phi) is 2.03. The van der Waals surface area contributed by atoms with E-state index in [9.17, 15) is 0 Å². The lowest BCUT2D eigenvalue weighted by Gasteiger charge is -2.12. The Morgan fingerprint density at radius 3 is 2.30 bits per heavy atom. The summed E-state index contributed by atoms with van der Waals surface area (Å²) < 4.78 is 5.78. The van der Waals surface area contributed by atoms with Crippen molar-refractivity contribution in [3.63, 3.8) is 0 Å². The fourth-order valence-electron chi connectivity index (χ4n) is 0.596. The lowest BCUT2D eigenvalue weighted by Crippen LogP contribution is -2.11. The molecule has 3 heteroatoms. The Hall–Kier alpha value is -0.0600. The van der Waals surface area contributed by atoms with E-state index in [0.717, 1.165) is 5.69 Å². The molecule has 0 radical (unpaired) electrons. The van der Waals surface area contributed by atoms with Gasteiger partial charge in [-0.25, -0.2) is 4.98 Å². The van der Waals surface area contributed by atoms with Crippen LogP contribution < -0.4 is 0 Å². The van der Waals surface area contributed by atoms with E-state index in [1.165, 1.54) is 0 Å². The minimum absolute atomic E-state index is 0.104. The van der Waals surface area contributed by atoms with Gasteiger partial charge in [0, 0.05) is 28.0 Å². The average molecular weight is 251 g/mol. The van der Waals surface area contributed by atoms with Gasteiger partial charge in [-0.3, -0.25) is 0 Å². The Labute approximate surface area is 74.2 Å². The molecule has 0 amide bonds. The molecule has 1 aromatic heterocycles. The average Bonchev–Trinajstić information content (AvgIpc) is 2.11. The van der Waals surface area contributed by atoms with Gasteiger partial charge in [0.05, 0.1) is 5.69 Å². The van der Waals surface area contributed by atoms with Crippen LogP contribution in [0.4, 0.5) is 0 Å². The number of aromatic nitrogens is 1. The summed E-state index contributed by atoms with van der Waals surface area (Å²) in [5, 5.41) is 0. The molecule has 0 aliphatic rings. The molecule has 0 N–H and O–H groups in total. The Morgan fingerprint density at radius 1 is 1.50 bits per heavy atom. The minimum atomic E-state index is 0.104. The highest BCUT2D eigenvalue weighted by Gasteiger charge is 2.17. The molecule has 1 aromatic rings. The summed E-state index contributed by atoms with van der Waals surface area (Å²) in [7, 11) is 0. The molecule has 0 fully saturated rings. The summed E-state index contributed by atoms with van der Waals surface area (Å²) in [4.78, 5) is 4.20. The van der Waals surface area contributed by atoms with E-state index in [1.807, 2.05) is 0 Å². The molecule has 56 valence electrons. The highest BCUT2D eigenvalue weighted by molar-refractivity contribution is 14.1. The zero-order valence-electron chi connectivity index (χ0n) is 6.31. The van der Waals surface area contributed by atoms with Crippen LogP contribution in [-0.4, -0.2) is 4.98 Å². The van der Waals surface area contributed by atoms with E-state index >= 15 is 0 Å². The molecule has 0 bridgehead atoms. The molecule has 0 saturated carbocycles. The third-order valence-electron chi connectivity index (χ3n) is 1.24. The number of hydrogen-bond donors (Lipinski definition) is 0. The van der Waals surface area contributed by atoms with Gasteiger partial charge in [0.25, 0.3) is 3.90 Å². The summed E-state index contributed by atoms with van der Waals surface area (Å²) in [5.74, 6) is 0. The maximum atomic E-state index is 5.07. The topological polar surface area (TPSA) is 26.0 Å². The van der Waals surface area contributed by atoms with E-state index in [2.05, 4.69) is 48.3 Å². The van der Waals surface area contributed by atoms with Gasteiger partial charge in [-0.2, -0.15) is 0 Å². The minimum Gasteiger partial charge on any atom is -0.440 e. The molecule has 1 rings (SSSR count). The first kappa shape index (κ1) is 8.04. The van der Waals surface area contributed by atoms with Crippen LogP contribution in [0.1, 0.15) is 26.5 Å². The lowest BCUT2D eigenvalue weighted by molar-refractivity contribution is 0.516. The Balaban J connectivity index is 2.96. The summed E-state index contributed by atoms with van der Waals surface area (Å²) in [6.07, 6.45) is 1.71. The summed E-state index contributed by atoms with van der Waals surface area (Å²) in [5.41, 5.74) is 1.12. The normalized spacial score (nSPS) is 12.0. The second-order valence-corrected chi connectivity index (χ2v) is 4.16. The SMILES string of the molecule is CC(C)(C)c1coc(I)n1. The van der Waals surface area contributed by atoms with E-state index in [4.69, 9.17) is 4.42 Å². The third-order valence-corrected chi connectivity index (χ3v) is 1.74. The molecule has 2 nitrogen and oxygen atoms in total. The van der Waals surface area contributed by atoms with E-state index in [0.29, 0.717) is 3.90 Å². The molecule has 0 spiro atoms. The summed E-state index contributed by atoms with van der Waals surface area (Å²) in [6.45, 7) is 6.34. The highest BCUT2D eigenvalue weighted by atomic mass is 127. The van der Waals surface area contributed by atoms with Gasteiger partial charge in [-0.05, 0) is 0 Å². The van der Waals surface area contributed by atoms with Crippen molar-refractivity contribution >= 4 is 22.6 Å². The summed E-state index contributed by atoms with van der Waals surface area (Å²) >= 11 is 2.06. The monoisotopic (exact) mass is 251 g/mol. The predicted octanol–water partition coefficient (Wildman–Crippen LogP) is 2.58. The van der Waals surface area contributed by atoms with Crippen LogP contribution >= 0.6 is 22.6 Å². The molecular weight excluding hydrogens is 241 g/mol. The summed E-state index contributed by atoms with van der Waals surface area (Å²) in [6, 6.07) is 0. The number of halogens is 1. The van der Waals surface area contributed by atoms with Crippen molar-refractivity contribution in [2.45, 2.75) is 26.2 Å². The van der Waals surface area contributed by atoms with Crippen LogP contribution in [0.25, 0.3) is 0 Å². The molecule has 10 heavy (non-hydrogen) atoms. The number of hydrogen-bond acceptors (Lipinski definition) is 2. The Morgan fingerprint density at radius 2 is 2.10 bits per heavy atom. The number of rotatable bonds is 0. The van der Waals surface area contributed by atoms with E-state index in [1.54, 1.807) is 6.26 Å². The van der Waals surface area contributed by atoms with Crippen molar-refractivity contribution in [1.29, 1.82) is 0 Å². The first-order chi connectivity index (χ1) is 4.50. The zero-order chi connectivity index (χ0) is 7.78. The van der Waals surface area contributed by atoms with Gasteiger partial charge in [-0.1, -0.05) is 20.8 Å². The maximum absolute atomic E-state index is 5.07. The lowest BCUT2D eigenvalue weighted by atomic mass is 9.93. The van der Waals surface area contributed by atoms with Crippen LogP contribution in [0.15, 0.2) is 10.7 Å². The van der Waals surface area contributed by atoms with Gasteiger partial charge < -0.3 is 4.42 Å². The van der Waals surface area contributed by atoms with E-state index in [-0.39, 0.29) is 5.41 Å². The molecule has 0 unspecified atom stereocenters. The van der Waals surface area contributed by atoms with Crippen LogP contribution in [0.2, 0.25) is 0 Å². The Bertz CT molecular complexity index is 224. The zero-order valence-corrected chi connectivity index (χ0v) is 8.47. The van der Waals surface area contributed by atoms with Crippen LogP contribution in [0.3, 0.4) is 0 Å². The maximum Gasteiger partial charge on any atom is 0.257 e.